The lowest BCUT2D eigenvalue weighted by Crippen LogP contribution is -2.33. The summed E-state index contributed by atoms with van der Waals surface area (Å²) < 4.78 is 2.79. The molecule has 4 aromatic rings. The molecule has 1 N–H and O–H groups in total. The molecule has 0 spiro atoms. The molecule has 31 heavy (non-hydrogen) atoms. The number of hydrogen-bond donors (Lipinski definition) is 1. The first-order valence-electron chi connectivity index (χ1n) is 10.1. The Kier molecular flexibility index (Phi) is 5.07. The molecule has 5 rings (SSSR count). The Labute approximate surface area is 187 Å². The molecule has 2 amide bonds. The lowest BCUT2D eigenvalue weighted by molar-refractivity contribution is -0.129. The molecule has 1 aromatic carbocycles. The van der Waals surface area contributed by atoms with Crippen LogP contribution in [0.4, 0.5) is 5.00 Å². The van der Waals surface area contributed by atoms with E-state index < -0.39 is 0 Å². The van der Waals surface area contributed by atoms with E-state index in [0.29, 0.717) is 25.3 Å². The molecule has 0 radical (unpaired) electrons. The van der Waals surface area contributed by atoms with Crippen LogP contribution < -0.4 is 5.32 Å². The first kappa shape index (κ1) is 19.9. The number of rotatable bonds is 4. The zero-order chi connectivity index (χ0) is 21.5. The third-order valence-corrected chi connectivity index (χ3v) is 7.67. The Hall–Kier alpha value is -3.04. The molecule has 0 saturated heterocycles. The third-order valence-electron chi connectivity index (χ3n) is 5.49. The summed E-state index contributed by atoms with van der Waals surface area (Å²) in [5, 5.41) is 9.00. The number of para-hydroxylation sites is 1. The van der Waals surface area contributed by atoms with Crippen LogP contribution in [0, 0.1) is 0 Å². The molecule has 9 heteroatoms. The molecule has 0 aliphatic carbocycles. The van der Waals surface area contributed by atoms with Gasteiger partial charge in [-0.3, -0.25) is 14.3 Å². The van der Waals surface area contributed by atoms with Gasteiger partial charge in [-0.05, 0) is 37.1 Å². The summed E-state index contributed by atoms with van der Waals surface area (Å²) in [7, 11) is 0. The number of carbonyl (C=O) groups excluding carboxylic acids is 2. The van der Waals surface area contributed by atoms with E-state index in [0.717, 1.165) is 37.1 Å². The molecule has 1 aliphatic rings. The van der Waals surface area contributed by atoms with Crippen molar-refractivity contribution in [2.45, 2.75) is 33.4 Å². The number of aryl methyl sites for hydroxylation is 1. The molecule has 4 heterocycles. The fraction of sp³-hybridized carbons (Fsp3) is 0.273. The van der Waals surface area contributed by atoms with Crippen LogP contribution in [-0.4, -0.2) is 38.0 Å². The fourth-order valence-electron chi connectivity index (χ4n) is 3.91. The summed E-state index contributed by atoms with van der Waals surface area (Å²) in [5.74, 6) is -0.123. The summed E-state index contributed by atoms with van der Waals surface area (Å²) in [6, 6.07) is 9.77. The number of thiophene rings is 1. The Balaban J connectivity index is 1.59. The highest BCUT2D eigenvalue weighted by Crippen LogP contribution is 2.45. The van der Waals surface area contributed by atoms with Gasteiger partial charge in [-0.15, -0.1) is 22.7 Å². The van der Waals surface area contributed by atoms with Gasteiger partial charge >= 0.3 is 0 Å². The van der Waals surface area contributed by atoms with Crippen LogP contribution in [0.1, 0.15) is 34.8 Å². The molecular weight excluding hydrogens is 430 g/mol. The minimum absolute atomic E-state index is 0.0676. The number of aromatic nitrogens is 3. The van der Waals surface area contributed by atoms with E-state index in [1.807, 2.05) is 30.0 Å². The summed E-state index contributed by atoms with van der Waals surface area (Å²) in [5.41, 5.74) is 3.64. The second-order valence-corrected chi connectivity index (χ2v) is 9.51. The predicted molar refractivity (Wildman–Crippen MR) is 124 cm³/mol. The number of nitrogens with zero attached hydrogens (tertiary/aromatic N) is 4. The maximum atomic E-state index is 13.0. The minimum atomic E-state index is -0.191. The van der Waals surface area contributed by atoms with Crippen LogP contribution in [0.25, 0.3) is 20.8 Å². The first-order chi connectivity index (χ1) is 15.0. The van der Waals surface area contributed by atoms with Crippen LogP contribution in [0.3, 0.4) is 0 Å². The number of fused-ring (bicyclic) bond motifs is 2. The standard InChI is InChI=1S/C22H21N5O2S2/c1-3-27-16(8-10-23-27)20(29)25-22-19(21-24-15-6-4-5-7-17(15)30-21)14-9-11-26(13(2)28)12-18(14)31-22/h4-8,10H,3,9,11-12H2,1-2H3,(H,25,29). The molecule has 1 aliphatic heterocycles. The maximum Gasteiger partial charge on any atom is 0.274 e. The predicted octanol–water partition coefficient (Wildman–Crippen LogP) is 4.40. The van der Waals surface area contributed by atoms with Crippen molar-refractivity contribution in [2.75, 3.05) is 11.9 Å². The van der Waals surface area contributed by atoms with Crippen molar-refractivity contribution >= 4 is 49.7 Å². The number of hydrogen-bond acceptors (Lipinski definition) is 6. The molecule has 7 nitrogen and oxygen atoms in total. The van der Waals surface area contributed by atoms with Gasteiger partial charge in [0.05, 0.1) is 16.8 Å². The summed E-state index contributed by atoms with van der Waals surface area (Å²) in [6.07, 6.45) is 2.39. The Morgan fingerprint density at radius 3 is 2.81 bits per heavy atom. The number of carbonyl (C=O) groups is 2. The van der Waals surface area contributed by atoms with Gasteiger partial charge in [-0.1, -0.05) is 12.1 Å². The van der Waals surface area contributed by atoms with Gasteiger partial charge in [0.1, 0.15) is 15.7 Å². The average Bonchev–Trinajstić information content (AvgIpc) is 3.48. The van der Waals surface area contributed by atoms with Crippen LogP contribution >= 0.6 is 22.7 Å². The summed E-state index contributed by atoms with van der Waals surface area (Å²) in [4.78, 5) is 32.8. The second kappa shape index (κ2) is 7.90. The molecular formula is C22H21N5O2S2. The van der Waals surface area contributed by atoms with E-state index in [-0.39, 0.29) is 11.8 Å². The van der Waals surface area contributed by atoms with E-state index >= 15 is 0 Å². The largest absolute Gasteiger partial charge is 0.337 e. The van der Waals surface area contributed by atoms with Crippen molar-refractivity contribution in [3.63, 3.8) is 0 Å². The fourth-order valence-corrected chi connectivity index (χ4v) is 6.28. The molecule has 0 bridgehead atoms. The van der Waals surface area contributed by atoms with E-state index in [4.69, 9.17) is 4.98 Å². The monoisotopic (exact) mass is 451 g/mol. The number of amides is 2. The van der Waals surface area contributed by atoms with Crippen LogP contribution in [-0.2, 0) is 24.3 Å². The van der Waals surface area contributed by atoms with E-state index in [1.165, 1.54) is 16.9 Å². The van der Waals surface area contributed by atoms with Crippen molar-refractivity contribution in [1.29, 1.82) is 0 Å². The van der Waals surface area contributed by atoms with Gasteiger partial charge in [0.15, 0.2) is 0 Å². The van der Waals surface area contributed by atoms with Crippen molar-refractivity contribution in [1.82, 2.24) is 19.7 Å². The number of thiazole rings is 1. The van der Waals surface area contributed by atoms with Crippen molar-refractivity contribution < 1.29 is 9.59 Å². The van der Waals surface area contributed by atoms with Crippen molar-refractivity contribution in [2.24, 2.45) is 0 Å². The van der Waals surface area contributed by atoms with Gasteiger partial charge in [-0.25, -0.2) is 4.98 Å². The van der Waals surface area contributed by atoms with Crippen molar-refractivity contribution in [3.8, 4) is 10.6 Å². The topological polar surface area (TPSA) is 80.1 Å². The number of anilines is 1. The SMILES string of the molecule is CCn1nccc1C(=O)Nc1sc2c(c1-c1nc3ccccc3s1)CCN(C(C)=O)C2. The minimum Gasteiger partial charge on any atom is -0.337 e. The first-order valence-corrected chi connectivity index (χ1v) is 11.8. The summed E-state index contributed by atoms with van der Waals surface area (Å²) in [6.45, 7) is 5.41. The van der Waals surface area contributed by atoms with Gasteiger partial charge in [-0.2, -0.15) is 5.10 Å². The quantitative estimate of drug-likeness (QED) is 0.499. The average molecular weight is 452 g/mol. The van der Waals surface area contributed by atoms with Gasteiger partial charge < -0.3 is 10.2 Å². The van der Waals surface area contributed by atoms with Crippen LogP contribution in [0.2, 0.25) is 0 Å². The number of benzene rings is 1. The molecule has 0 saturated carbocycles. The highest BCUT2D eigenvalue weighted by molar-refractivity contribution is 7.23. The van der Waals surface area contributed by atoms with Gasteiger partial charge in [0, 0.05) is 36.7 Å². The van der Waals surface area contributed by atoms with Gasteiger partial charge in [0.2, 0.25) is 5.91 Å². The molecule has 0 atom stereocenters. The molecule has 3 aromatic heterocycles. The highest BCUT2D eigenvalue weighted by Gasteiger charge is 2.29. The zero-order valence-electron chi connectivity index (χ0n) is 17.2. The molecule has 0 unspecified atom stereocenters. The zero-order valence-corrected chi connectivity index (χ0v) is 18.8. The molecule has 158 valence electrons. The highest BCUT2D eigenvalue weighted by atomic mass is 32.1. The third kappa shape index (κ3) is 3.53. The Bertz CT molecular complexity index is 1270. The van der Waals surface area contributed by atoms with E-state index in [9.17, 15) is 9.59 Å². The second-order valence-electron chi connectivity index (χ2n) is 7.37. The number of nitrogens with one attached hydrogen (secondary N) is 1. The van der Waals surface area contributed by atoms with E-state index in [2.05, 4.69) is 16.5 Å². The molecule has 0 fully saturated rings. The summed E-state index contributed by atoms with van der Waals surface area (Å²) >= 11 is 3.17. The van der Waals surface area contributed by atoms with Crippen LogP contribution in [0.15, 0.2) is 36.5 Å². The van der Waals surface area contributed by atoms with Crippen LogP contribution in [0.5, 0.6) is 0 Å². The maximum absolute atomic E-state index is 13.0. The lowest BCUT2D eigenvalue weighted by Gasteiger charge is -2.26. The normalized spacial score (nSPS) is 13.4. The Morgan fingerprint density at radius 2 is 2.03 bits per heavy atom. The van der Waals surface area contributed by atoms with Gasteiger partial charge in [0.25, 0.3) is 5.91 Å². The Morgan fingerprint density at radius 1 is 1.19 bits per heavy atom. The van der Waals surface area contributed by atoms with Crippen molar-refractivity contribution in [3.05, 3.63) is 52.7 Å². The lowest BCUT2D eigenvalue weighted by atomic mass is 10.0. The smallest absolute Gasteiger partial charge is 0.274 e. The van der Waals surface area contributed by atoms with E-state index in [1.54, 1.807) is 35.2 Å².